The van der Waals surface area contributed by atoms with E-state index in [4.69, 9.17) is 16.3 Å². The molecule has 3 aromatic rings. The number of benzene rings is 2. The number of nitrogens with one attached hydrogen (secondary N) is 1. The van der Waals surface area contributed by atoms with Crippen LogP contribution in [0.1, 0.15) is 40.1 Å². The van der Waals surface area contributed by atoms with Crippen LogP contribution in [-0.4, -0.2) is 34.6 Å². The highest BCUT2D eigenvalue weighted by atomic mass is 35.5. The van der Waals surface area contributed by atoms with Crippen molar-refractivity contribution >= 4 is 58.2 Å². The molecule has 4 aliphatic rings. The summed E-state index contributed by atoms with van der Waals surface area (Å²) in [6, 6.07) is 14.2. The van der Waals surface area contributed by atoms with E-state index in [1.165, 1.54) is 16.2 Å². The monoisotopic (exact) mass is 566 g/mol. The number of carbonyl (C=O) groups is 3. The summed E-state index contributed by atoms with van der Waals surface area (Å²) in [6.07, 6.45) is 0.827. The van der Waals surface area contributed by atoms with E-state index in [1.54, 1.807) is 43.0 Å². The van der Waals surface area contributed by atoms with Crippen LogP contribution in [0.15, 0.2) is 58.4 Å². The fourth-order valence-corrected chi connectivity index (χ4v) is 10.3. The summed E-state index contributed by atoms with van der Waals surface area (Å²) in [4.78, 5) is 57.3. The van der Waals surface area contributed by atoms with E-state index >= 15 is 0 Å². The second kappa shape index (κ2) is 8.83. The molecule has 0 radical (unpaired) electrons. The zero-order valence-corrected chi connectivity index (χ0v) is 22.6. The molecule has 2 aliphatic heterocycles. The van der Waals surface area contributed by atoms with Crippen molar-refractivity contribution in [3.8, 4) is 0 Å². The normalized spacial score (nSPS) is 30.8. The molecule has 3 fully saturated rings. The number of amides is 2. The number of imide groups is 1. The molecule has 7 nitrogen and oxygen atoms in total. The molecule has 0 unspecified atom stereocenters. The molecule has 0 spiro atoms. The predicted octanol–water partition coefficient (Wildman–Crippen LogP) is 4.94. The lowest BCUT2D eigenvalue weighted by atomic mass is 9.68. The number of ether oxygens (including phenoxy) is 1. The highest BCUT2D eigenvalue weighted by molar-refractivity contribution is 8.00. The van der Waals surface area contributed by atoms with Crippen LogP contribution in [0.4, 0.5) is 5.69 Å². The molecule has 2 aliphatic carbocycles. The maximum Gasteiger partial charge on any atom is 0.338 e. The van der Waals surface area contributed by atoms with Gasteiger partial charge < -0.3 is 9.72 Å². The van der Waals surface area contributed by atoms with Crippen molar-refractivity contribution in [2.24, 2.45) is 29.6 Å². The molecule has 7 rings (SSSR count). The van der Waals surface area contributed by atoms with Gasteiger partial charge >= 0.3 is 10.8 Å². The molecule has 10 heteroatoms. The van der Waals surface area contributed by atoms with Gasteiger partial charge in [0.2, 0.25) is 11.8 Å². The smallest absolute Gasteiger partial charge is 0.338 e. The van der Waals surface area contributed by atoms with Crippen molar-refractivity contribution in [3.63, 3.8) is 0 Å². The summed E-state index contributed by atoms with van der Waals surface area (Å²) in [6.45, 7) is 2.01. The Morgan fingerprint density at radius 3 is 2.39 bits per heavy atom. The van der Waals surface area contributed by atoms with Gasteiger partial charge in [-0.15, -0.1) is 11.8 Å². The van der Waals surface area contributed by atoms with Crippen LogP contribution in [0.2, 0.25) is 5.02 Å². The number of thiazole rings is 1. The van der Waals surface area contributed by atoms with Gasteiger partial charge in [-0.2, -0.15) is 0 Å². The molecule has 1 N–H and O–H groups in total. The zero-order chi connectivity index (χ0) is 26.3. The maximum absolute atomic E-state index is 13.9. The number of aromatic amines is 1. The van der Waals surface area contributed by atoms with Crippen molar-refractivity contribution < 1.29 is 19.1 Å². The molecule has 3 heterocycles. The lowest BCUT2D eigenvalue weighted by Crippen LogP contribution is -2.42. The third-order valence-electron chi connectivity index (χ3n) is 8.59. The van der Waals surface area contributed by atoms with Crippen molar-refractivity contribution in [2.45, 2.75) is 29.5 Å². The SMILES string of the molecule is CCOC(=O)c1ccc(N2C(=O)[C@H]3[C@H]4C[C@@H]([C@@H]3C2=O)[C@H]2[C@H](c3ccc(Cl)cc3)c3sc(=O)[nH]c3S[C@H]42)cc1. The second-order valence-corrected chi connectivity index (χ2v) is 12.9. The first-order chi connectivity index (χ1) is 18.4. The first kappa shape index (κ1) is 24.2. The fourth-order valence-electron chi connectivity index (χ4n) is 7.28. The Balaban J connectivity index is 1.25. The standard InChI is InChI=1S/C28H23ClN2O5S2/c1-2-36-27(34)13-5-9-15(10-6-13)31-25(32)20-16-11-17(21(20)26(31)33)22-19(16)18(12-3-7-14(29)8-4-12)23-24(37-22)30-28(35)38-23/h3-10,16-22H,2,11H2,1H3,(H,30,35)/t16-,17-,18+,19+,20+,21+,22-/m1/s1. The number of aromatic nitrogens is 1. The topological polar surface area (TPSA) is 96.5 Å². The molecule has 2 saturated carbocycles. The number of halogens is 1. The first-order valence-electron chi connectivity index (χ1n) is 12.7. The van der Waals surface area contributed by atoms with Crippen molar-refractivity contribution in [2.75, 3.05) is 11.5 Å². The largest absolute Gasteiger partial charge is 0.462 e. The van der Waals surface area contributed by atoms with Gasteiger partial charge in [-0.1, -0.05) is 35.1 Å². The quantitative estimate of drug-likeness (QED) is 0.355. The Hall–Kier alpha value is -2.88. The predicted molar refractivity (Wildman–Crippen MR) is 145 cm³/mol. The summed E-state index contributed by atoms with van der Waals surface area (Å²) >= 11 is 9.09. The number of hydrogen-bond donors (Lipinski definition) is 1. The lowest BCUT2D eigenvalue weighted by Gasteiger charge is -2.43. The van der Waals surface area contributed by atoms with Crippen LogP contribution in [0.3, 0.4) is 0 Å². The molecule has 7 atom stereocenters. The summed E-state index contributed by atoms with van der Waals surface area (Å²) in [7, 11) is 0. The average molecular weight is 567 g/mol. The van der Waals surface area contributed by atoms with Crippen LogP contribution in [-0.2, 0) is 14.3 Å². The van der Waals surface area contributed by atoms with Gasteiger partial charge in [0.05, 0.1) is 34.7 Å². The van der Waals surface area contributed by atoms with Gasteiger partial charge in [0.25, 0.3) is 0 Å². The van der Waals surface area contributed by atoms with E-state index < -0.39 is 5.97 Å². The molecule has 1 aromatic heterocycles. The Labute approximate surface area is 231 Å². The number of rotatable bonds is 4. The first-order valence-corrected chi connectivity index (χ1v) is 14.7. The minimum absolute atomic E-state index is 0.0331. The second-order valence-electron chi connectivity index (χ2n) is 10.3. The van der Waals surface area contributed by atoms with Gasteiger partial charge in [0, 0.05) is 21.1 Å². The van der Waals surface area contributed by atoms with Crippen molar-refractivity contribution in [3.05, 3.63) is 79.2 Å². The Bertz CT molecular complexity index is 1530. The van der Waals surface area contributed by atoms with Crippen LogP contribution < -0.4 is 9.77 Å². The summed E-state index contributed by atoms with van der Waals surface area (Å²) in [5.74, 6) is -1.34. The van der Waals surface area contributed by atoms with Crippen molar-refractivity contribution in [1.29, 1.82) is 0 Å². The molecular weight excluding hydrogens is 544 g/mol. The lowest BCUT2D eigenvalue weighted by molar-refractivity contribution is -0.123. The third-order valence-corrected chi connectivity index (χ3v) is 11.4. The molecule has 2 bridgehead atoms. The Morgan fingerprint density at radius 1 is 1.03 bits per heavy atom. The van der Waals surface area contributed by atoms with Gasteiger partial charge in [-0.05, 0) is 73.1 Å². The number of nitrogens with zero attached hydrogens (tertiary/aromatic N) is 1. The number of esters is 1. The third kappa shape index (κ3) is 3.41. The fraction of sp³-hybridized carbons (Fsp3) is 0.357. The molecule has 194 valence electrons. The minimum atomic E-state index is -0.437. The van der Waals surface area contributed by atoms with E-state index in [-0.39, 0.29) is 64.1 Å². The number of carbonyl (C=O) groups excluding carboxylic acids is 3. The molecule has 2 aromatic carbocycles. The van der Waals surface area contributed by atoms with E-state index in [9.17, 15) is 19.2 Å². The number of anilines is 1. The Kier molecular flexibility index (Phi) is 5.62. The van der Waals surface area contributed by atoms with E-state index in [1.807, 2.05) is 24.3 Å². The molecule has 38 heavy (non-hydrogen) atoms. The minimum Gasteiger partial charge on any atom is -0.462 e. The maximum atomic E-state index is 13.9. The number of H-pyrrole nitrogens is 1. The summed E-state index contributed by atoms with van der Waals surface area (Å²) in [5, 5.41) is 1.66. The average Bonchev–Trinajstić information content (AvgIpc) is 3.64. The van der Waals surface area contributed by atoms with Gasteiger partial charge in [0.15, 0.2) is 0 Å². The summed E-state index contributed by atoms with van der Waals surface area (Å²) < 4.78 is 5.05. The highest BCUT2D eigenvalue weighted by Crippen LogP contribution is 2.68. The van der Waals surface area contributed by atoms with Gasteiger partial charge in [-0.25, -0.2) is 4.79 Å². The molecule has 1 saturated heterocycles. The molecular formula is C28H23ClN2O5S2. The zero-order valence-electron chi connectivity index (χ0n) is 20.3. The Morgan fingerprint density at radius 2 is 1.71 bits per heavy atom. The van der Waals surface area contributed by atoms with Gasteiger partial charge in [0.1, 0.15) is 0 Å². The van der Waals surface area contributed by atoms with E-state index in [0.29, 0.717) is 16.3 Å². The number of hydrogen-bond acceptors (Lipinski definition) is 7. The van der Waals surface area contributed by atoms with Crippen LogP contribution in [0.5, 0.6) is 0 Å². The van der Waals surface area contributed by atoms with Crippen LogP contribution in [0, 0.1) is 29.6 Å². The number of fused-ring (bicyclic) bond motifs is 9. The van der Waals surface area contributed by atoms with Crippen LogP contribution in [0.25, 0.3) is 0 Å². The highest BCUT2D eigenvalue weighted by Gasteiger charge is 2.69. The van der Waals surface area contributed by atoms with Crippen LogP contribution >= 0.6 is 34.7 Å². The van der Waals surface area contributed by atoms with E-state index in [0.717, 1.165) is 21.9 Å². The molecule has 2 amide bonds. The van der Waals surface area contributed by atoms with Gasteiger partial charge in [-0.3, -0.25) is 19.3 Å². The van der Waals surface area contributed by atoms with E-state index in [2.05, 4.69) is 4.98 Å². The van der Waals surface area contributed by atoms with Crippen molar-refractivity contribution in [1.82, 2.24) is 4.98 Å². The number of thioether (sulfide) groups is 1. The summed E-state index contributed by atoms with van der Waals surface area (Å²) in [5.41, 5.74) is 1.94.